The summed E-state index contributed by atoms with van der Waals surface area (Å²) in [6.45, 7) is 8.61. The summed E-state index contributed by atoms with van der Waals surface area (Å²) in [5, 5.41) is 4.56. The van der Waals surface area contributed by atoms with Crippen LogP contribution < -0.4 is 0 Å². The Hall–Kier alpha value is -2.86. The molecule has 1 fully saturated rings. The van der Waals surface area contributed by atoms with Gasteiger partial charge in [0.15, 0.2) is 5.82 Å². The number of aryl methyl sites for hydroxylation is 1. The minimum absolute atomic E-state index is 0.0489. The predicted octanol–water partition coefficient (Wildman–Crippen LogP) is 2.75. The van der Waals surface area contributed by atoms with Crippen LogP contribution in [0.4, 0.5) is 0 Å². The Labute approximate surface area is 159 Å². The third kappa shape index (κ3) is 3.40. The Morgan fingerprint density at radius 3 is 2.33 bits per heavy atom. The topological polar surface area (TPSA) is 46.3 Å². The van der Waals surface area contributed by atoms with Crippen molar-refractivity contribution in [2.45, 2.75) is 13.8 Å². The van der Waals surface area contributed by atoms with Crippen LogP contribution in [-0.4, -0.2) is 62.8 Å². The standard InChI is InChI=1S/C21H25N5O/c1-3-23-12-14-25(15-13-23)21(27)19-16-22-26(18-8-6-17(2)7-9-18)20(19)24-10-4-5-11-24/h4-11,16H,3,12-15H2,1-2H3. The minimum atomic E-state index is 0.0489. The molecular formula is C21H25N5O. The molecule has 1 aliphatic rings. The van der Waals surface area contributed by atoms with Crippen LogP contribution in [0.1, 0.15) is 22.8 Å². The second-order valence-corrected chi connectivity index (χ2v) is 6.95. The summed E-state index contributed by atoms with van der Waals surface area (Å²) in [5.41, 5.74) is 2.77. The molecule has 0 unspecified atom stereocenters. The number of hydrogen-bond acceptors (Lipinski definition) is 3. The van der Waals surface area contributed by atoms with Crippen LogP contribution >= 0.6 is 0 Å². The van der Waals surface area contributed by atoms with E-state index < -0.39 is 0 Å². The van der Waals surface area contributed by atoms with Crippen molar-refractivity contribution in [3.05, 3.63) is 66.1 Å². The van der Waals surface area contributed by atoms with E-state index in [-0.39, 0.29) is 5.91 Å². The molecule has 2 aromatic heterocycles. The Balaban J connectivity index is 1.71. The maximum absolute atomic E-state index is 13.3. The van der Waals surface area contributed by atoms with Crippen molar-refractivity contribution in [2.24, 2.45) is 0 Å². The summed E-state index contributed by atoms with van der Waals surface area (Å²) in [5.74, 6) is 0.833. The fraction of sp³-hybridized carbons (Fsp3) is 0.333. The molecule has 4 rings (SSSR count). The van der Waals surface area contributed by atoms with Crippen molar-refractivity contribution >= 4 is 5.91 Å². The predicted molar refractivity (Wildman–Crippen MR) is 106 cm³/mol. The maximum Gasteiger partial charge on any atom is 0.259 e. The lowest BCUT2D eigenvalue weighted by molar-refractivity contribution is 0.0643. The summed E-state index contributed by atoms with van der Waals surface area (Å²) in [6, 6.07) is 12.1. The van der Waals surface area contributed by atoms with E-state index >= 15 is 0 Å². The molecule has 0 bridgehead atoms. The van der Waals surface area contributed by atoms with Crippen LogP contribution in [0.25, 0.3) is 11.5 Å². The van der Waals surface area contributed by atoms with Crippen LogP contribution in [0.5, 0.6) is 0 Å². The Bertz CT molecular complexity index is 903. The molecule has 0 aliphatic carbocycles. The number of piperazine rings is 1. The lowest BCUT2D eigenvalue weighted by atomic mass is 10.2. The zero-order valence-corrected chi connectivity index (χ0v) is 15.9. The molecule has 27 heavy (non-hydrogen) atoms. The maximum atomic E-state index is 13.3. The van der Waals surface area contributed by atoms with Crippen molar-refractivity contribution in [2.75, 3.05) is 32.7 Å². The zero-order chi connectivity index (χ0) is 18.8. The molecule has 0 spiro atoms. The highest BCUT2D eigenvalue weighted by Crippen LogP contribution is 2.22. The van der Waals surface area contributed by atoms with Gasteiger partial charge < -0.3 is 14.4 Å². The van der Waals surface area contributed by atoms with Crippen LogP contribution in [-0.2, 0) is 0 Å². The van der Waals surface area contributed by atoms with Gasteiger partial charge in [-0.2, -0.15) is 5.10 Å². The average molecular weight is 363 g/mol. The fourth-order valence-electron chi connectivity index (χ4n) is 3.53. The first-order valence-corrected chi connectivity index (χ1v) is 9.47. The molecule has 1 aromatic carbocycles. The van der Waals surface area contributed by atoms with Gasteiger partial charge in [-0.15, -0.1) is 0 Å². The van der Waals surface area contributed by atoms with E-state index in [1.807, 2.05) is 50.8 Å². The van der Waals surface area contributed by atoms with Gasteiger partial charge in [-0.3, -0.25) is 4.79 Å². The highest BCUT2D eigenvalue weighted by molar-refractivity contribution is 5.97. The van der Waals surface area contributed by atoms with E-state index in [9.17, 15) is 4.79 Å². The van der Waals surface area contributed by atoms with Crippen molar-refractivity contribution in [1.82, 2.24) is 24.1 Å². The number of amides is 1. The summed E-state index contributed by atoms with van der Waals surface area (Å²) >= 11 is 0. The lowest BCUT2D eigenvalue weighted by Crippen LogP contribution is -2.48. The fourth-order valence-corrected chi connectivity index (χ4v) is 3.53. The smallest absolute Gasteiger partial charge is 0.259 e. The number of carbonyl (C=O) groups excluding carboxylic acids is 1. The number of carbonyl (C=O) groups is 1. The van der Waals surface area contributed by atoms with Gasteiger partial charge in [0, 0.05) is 38.6 Å². The second-order valence-electron chi connectivity index (χ2n) is 6.95. The van der Waals surface area contributed by atoms with Crippen LogP contribution in [0, 0.1) is 6.92 Å². The van der Waals surface area contributed by atoms with Crippen LogP contribution in [0.15, 0.2) is 55.0 Å². The highest BCUT2D eigenvalue weighted by atomic mass is 16.2. The van der Waals surface area contributed by atoms with Gasteiger partial charge in [0.05, 0.1) is 11.9 Å². The van der Waals surface area contributed by atoms with Crippen LogP contribution in [0.3, 0.4) is 0 Å². The molecule has 140 valence electrons. The van der Waals surface area contributed by atoms with Crippen molar-refractivity contribution in [3.63, 3.8) is 0 Å². The van der Waals surface area contributed by atoms with Crippen molar-refractivity contribution in [1.29, 1.82) is 0 Å². The molecule has 6 heteroatoms. The zero-order valence-electron chi connectivity index (χ0n) is 15.9. The van der Waals surface area contributed by atoms with Gasteiger partial charge in [-0.1, -0.05) is 24.6 Å². The van der Waals surface area contributed by atoms with Gasteiger partial charge in [0.25, 0.3) is 5.91 Å². The van der Waals surface area contributed by atoms with E-state index in [1.54, 1.807) is 6.20 Å². The molecule has 3 aromatic rings. The first-order valence-electron chi connectivity index (χ1n) is 9.47. The number of benzene rings is 1. The summed E-state index contributed by atoms with van der Waals surface area (Å²) in [7, 11) is 0. The second kappa shape index (κ2) is 7.40. The molecule has 0 radical (unpaired) electrons. The number of likely N-dealkylation sites (N-methyl/N-ethyl adjacent to an activating group) is 1. The molecule has 0 saturated carbocycles. The molecule has 0 N–H and O–H groups in total. The molecule has 1 aliphatic heterocycles. The molecule has 1 saturated heterocycles. The number of aromatic nitrogens is 3. The van der Waals surface area contributed by atoms with E-state index in [2.05, 4.69) is 36.0 Å². The highest BCUT2D eigenvalue weighted by Gasteiger charge is 2.26. The molecule has 1 amide bonds. The molecule has 6 nitrogen and oxygen atoms in total. The first-order chi connectivity index (χ1) is 13.2. The van der Waals surface area contributed by atoms with E-state index in [1.165, 1.54) is 5.56 Å². The van der Waals surface area contributed by atoms with Gasteiger partial charge in [-0.05, 0) is 37.7 Å². The Morgan fingerprint density at radius 2 is 1.70 bits per heavy atom. The van der Waals surface area contributed by atoms with Gasteiger partial charge in [-0.25, -0.2) is 4.68 Å². The number of nitrogens with zero attached hydrogens (tertiary/aromatic N) is 5. The van der Waals surface area contributed by atoms with E-state index in [0.717, 1.165) is 44.2 Å². The third-order valence-electron chi connectivity index (χ3n) is 5.21. The van der Waals surface area contributed by atoms with E-state index in [0.29, 0.717) is 5.56 Å². The summed E-state index contributed by atoms with van der Waals surface area (Å²) in [4.78, 5) is 17.6. The molecule has 0 atom stereocenters. The van der Waals surface area contributed by atoms with Crippen LogP contribution in [0.2, 0.25) is 0 Å². The first kappa shape index (κ1) is 17.5. The Morgan fingerprint density at radius 1 is 1.04 bits per heavy atom. The summed E-state index contributed by atoms with van der Waals surface area (Å²) < 4.78 is 3.80. The van der Waals surface area contributed by atoms with Gasteiger partial charge in [0.2, 0.25) is 0 Å². The lowest BCUT2D eigenvalue weighted by Gasteiger charge is -2.34. The number of hydrogen-bond donors (Lipinski definition) is 0. The largest absolute Gasteiger partial charge is 0.336 e. The third-order valence-corrected chi connectivity index (χ3v) is 5.21. The van der Waals surface area contributed by atoms with Gasteiger partial charge >= 0.3 is 0 Å². The number of rotatable bonds is 4. The SMILES string of the molecule is CCN1CCN(C(=O)c2cnn(-c3ccc(C)cc3)c2-n2cccc2)CC1. The van der Waals surface area contributed by atoms with Crippen molar-refractivity contribution < 1.29 is 4.79 Å². The minimum Gasteiger partial charge on any atom is -0.336 e. The summed E-state index contributed by atoms with van der Waals surface area (Å²) in [6.07, 6.45) is 5.60. The molecule has 3 heterocycles. The quantitative estimate of drug-likeness (QED) is 0.716. The monoisotopic (exact) mass is 363 g/mol. The normalized spacial score (nSPS) is 15.3. The van der Waals surface area contributed by atoms with E-state index in [4.69, 9.17) is 0 Å². The Kier molecular flexibility index (Phi) is 4.81. The van der Waals surface area contributed by atoms with Gasteiger partial charge in [0.1, 0.15) is 5.56 Å². The average Bonchev–Trinajstić information content (AvgIpc) is 3.37. The molecular weight excluding hydrogens is 338 g/mol. The van der Waals surface area contributed by atoms with Crippen molar-refractivity contribution in [3.8, 4) is 11.5 Å².